The van der Waals surface area contributed by atoms with Crippen LogP contribution in [0.15, 0.2) is 42.7 Å². The van der Waals surface area contributed by atoms with Gasteiger partial charge in [0.1, 0.15) is 11.4 Å². The molecule has 48 heavy (non-hydrogen) atoms. The van der Waals surface area contributed by atoms with Gasteiger partial charge in [-0.1, -0.05) is 17.7 Å². The number of nitrogen functional groups attached to an aromatic ring is 1. The number of carbonyl (C=O) groups is 3. The summed E-state index contributed by atoms with van der Waals surface area (Å²) >= 11 is 6.38. The molecule has 0 spiro atoms. The third kappa shape index (κ3) is 7.12. The number of aliphatic hydroxyl groups is 1. The minimum Gasteiger partial charge on any atom is -0.397 e. The van der Waals surface area contributed by atoms with E-state index in [0.29, 0.717) is 37.1 Å². The summed E-state index contributed by atoms with van der Waals surface area (Å²) in [6.45, 7) is 0.360. The lowest BCUT2D eigenvalue weighted by Crippen LogP contribution is -2.56. The lowest BCUT2D eigenvalue weighted by atomic mass is 9.86. The van der Waals surface area contributed by atoms with Crippen molar-refractivity contribution in [3.05, 3.63) is 70.4 Å². The molecule has 2 atom stereocenters. The Labute approximate surface area is 275 Å². The van der Waals surface area contributed by atoms with E-state index in [4.69, 9.17) is 17.3 Å². The Balaban J connectivity index is 1.04. The Kier molecular flexibility index (Phi) is 9.09. The van der Waals surface area contributed by atoms with E-state index in [0.717, 1.165) is 6.20 Å². The van der Waals surface area contributed by atoms with Crippen LogP contribution in [0.1, 0.15) is 51.5 Å². The standard InChI is InChI=1S/C30H30ClF3N10O4/c31-19-5-13(1-3-18(19)27(46)40-15-6-16(7-15)41-28(47)21-8-17(45)11-37-21)9-39-29(48)26-38-12-22(42-26)23-24(20-4-2-14(35)10-36-20)43-44-25(23)30(32,33)34/h1-5,10,12,15-17,21,37,45H,6-9,11,35H2,(H,38,42)(H,39,48)(H,40,46)(H,41,47)(H,43,44)/t15?,16?,17-,21+/m1/s1. The van der Waals surface area contributed by atoms with Crippen molar-refractivity contribution in [1.82, 2.24) is 46.4 Å². The number of alkyl halides is 3. The number of nitrogens with two attached hydrogens (primary N) is 1. The normalized spacial score (nSPS) is 20.6. The highest BCUT2D eigenvalue weighted by Gasteiger charge is 2.39. The molecule has 6 rings (SSSR count). The number of aromatic nitrogens is 5. The predicted molar refractivity (Wildman–Crippen MR) is 166 cm³/mol. The average Bonchev–Trinajstić information content (AvgIpc) is 3.78. The Hall–Kier alpha value is -5.00. The molecule has 1 aliphatic carbocycles. The van der Waals surface area contributed by atoms with Gasteiger partial charge in [0.05, 0.1) is 57.8 Å². The smallest absolute Gasteiger partial charge is 0.397 e. The van der Waals surface area contributed by atoms with Gasteiger partial charge in [0, 0.05) is 25.2 Å². The zero-order valence-electron chi connectivity index (χ0n) is 25.0. The summed E-state index contributed by atoms with van der Waals surface area (Å²) in [5.74, 6) is -1.51. The largest absolute Gasteiger partial charge is 0.433 e. The van der Waals surface area contributed by atoms with Crippen molar-refractivity contribution in [1.29, 1.82) is 0 Å². The number of carbonyl (C=O) groups excluding carboxylic acids is 3. The van der Waals surface area contributed by atoms with Crippen LogP contribution in [-0.4, -0.2) is 78.8 Å². The van der Waals surface area contributed by atoms with E-state index < -0.39 is 29.9 Å². The van der Waals surface area contributed by atoms with E-state index in [-0.39, 0.29) is 69.5 Å². The SMILES string of the molecule is Nc1ccc(-c2n[nH]c(C(F)(F)F)c2-c2cnc(C(=O)NCc3ccc(C(=O)NC4CC(NC(=O)[C@@H]5C[C@@H](O)CN5)C4)c(Cl)c3)[nH]2)nc1. The summed E-state index contributed by atoms with van der Waals surface area (Å²) in [7, 11) is 0. The average molecular weight is 687 g/mol. The minimum atomic E-state index is -4.79. The Morgan fingerprint density at radius 1 is 1.02 bits per heavy atom. The van der Waals surface area contributed by atoms with Crippen molar-refractivity contribution in [2.45, 2.75) is 56.2 Å². The van der Waals surface area contributed by atoms with Gasteiger partial charge in [0.25, 0.3) is 11.8 Å². The van der Waals surface area contributed by atoms with E-state index in [1.54, 1.807) is 6.07 Å². The summed E-state index contributed by atoms with van der Waals surface area (Å²) in [5, 5.41) is 26.9. The van der Waals surface area contributed by atoms with Crippen LogP contribution in [0.4, 0.5) is 18.9 Å². The number of nitrogens with one attached hydrogen (secondary N) is 6. The maximum absolute atomic E-state index is 13.8. The molecule has 2 aliphatic rings. The summed E-state index contributed by atoms with van der Waals surface area (Å²) in [6.07, 6.45) is -1.47. The topological polar surface area (TPSA) is 216 Å². The molecule has 3 aromatic heterocycles. The number of aromatic amines is 2. The molecule has 252 valence electrons. The second-order valence-electron chi connectivity index (χ2n) is 11.6. The maximum atomic E-state index is 13.8. The molecule has 2 fully saturated rings. The monoisotopic (exact) mass is 686 g/mol. The Bertz CT molecular complexity index is 1840. The number of β-amino-alcohol motifs (C(OH)–C–C–N with tert-alkyl or cyclic N) is 1. The highest BCUT2D eigenvalue weighted by molar-refractivity contribution is 6.33. The van der Waals surface area contributed by atoms with Gasteiger partial charge in [-0.2, -0.15) is 18.3 Å². The molecule has 0 radical (unpaired) electrons. The first-order chi connectivity index (χ1) is 22.9. The van der Waals surface area contributed by atoms with Gasteiger partial charge in [-0.05, 0) is 49.1 Å². The molecule has 3 amide bonds. The van der Waals surface area contributed by atoms with Gasteiger partial charge in [-0.3, -0.25) is 24.5 Å². The fourth-order valence-corrected chi connectivity index (χ4v) is 5.85. The van der Waals surface area contributed by atoms with Crippen LogP contribution in [0, 0.1) is 0 Å². The quantitative estimate of drug-likeness (QED) is 0.129. The molecule has 18 heteroatoms. The third-order valence-corrected chi connectivity index (χ3v) is 8.43. The predicted octanol–water partition coefficient (Wildman–Crippen LogP) is 2.15. The molecule has 4 aromatic rings. The molecule has 0 unspecified atom stereocenters. The molecule has 1 saturated heterocycles. The van der Waals surface area contributed by atoms with E-state index in [1.807, 2.05) is 5.10 Å². The van der Waals surface area contributed by atoms with Crippen LogP contribution in [0.25, 0.3) is 22.6 Å². The summed E-state index contributed by atoms with van der Waals surface area (Å²) in [4.78, 5) is 48.6. The van der Waals surface area contributed by atoms with Crippen LogP contribution in [0.5, 0.6) is 0 Å². The minimum absolute atomic E-state index is 0.0204. The molecule has 14 nitrogen and oxygen atoms in total. The zero-order chi connectivity index (χ0) is 34.2. The van der Waals surface area contributed by atoms with Gasteiger partial charge in [0.15, 0.2) is 5.82 Å². The van der Waals surface area contributed by atoms with Gasteiger partial charge in [-0.25, -0.2) is 4.98 Å². The Morgan fingerprint density at radius 2 is 1.79 bits per heavy atom. The van der Waals surface area contributed by atoms with E-state index in [9.17, 15) is 32.7 Å². The Morgan fingerprint density at radius 3 is 2.46 bits per heavy atom. The summed E-state index contributed by atoms with van der Waals surface area (Å²) < 4.78 is 41.5. The van der Waals surface area contributed by atoms with Gasteiger partial charge in [0.2, 0.25) is 5.91 Å². The van der Waals surface area contributed by atoms with E-state index in [1.165, 1.54) is 30.5 Å². The number of benzene rings is 1. The highest BCUT2D eigenvalue weighted by atomic mass is 35.5. The second-order valence-corrected chi connectivity index (χ2v) is 12.0. The maximum Gasteiger partial charge on any atom is 0.433 e. The van der Waals surface area contributed by atoms with Crippen LogP contribution < -0.4 is 27.0 Å². The second kappa shape index (κ2) is 13.2. The van der Waals surface area contributed by atoms with E-state index in [2.05, 4.69) is 41.3 Å². The number of hydrogen-bond acceptors (Lipinski definition) is 9. The number of rotatable bonds is 9. The number of imidazole rings is 1. The number of halogens is 4. The van der Waals surface area contributed by atoms with Crippen LogP contribution >= 0.6 is 11.6 Å². The molecule has 1 aliphatic heterocycles. The van der Waals surface area contributed by atoms with Crippen LogP contribution in [-0.2, 0) is 17.5 Å². The molecule has 0 bridgehead atoms. The van der Waals surface area contributed by atoms with Crippen molar-refractivity contribution in [3.8, 4) is 22.6 Å². The molecule has 1 aromatic carbocycles. The van der Waals surface area contributed by atoms with Crippen molar-refractivity contribution >= 4 is 35.0 Å². The fraction of sp³-hybridized carbons (Fsp3) is 0.333. The van der Waals surface area contributed by atoms with Crippen molar-refractivity contribution in [2.24, 2.45) is 0 Å². The molecular formula is C30H30ClF3N10O4. The van der Waals surface area contributed by atoms with Crippen LogP contribution in [0.3, 0.4) is 0 Å². The molecular weight excluding hydrogens is 657 g/mol. The van der Waals surface area contributed by atoms with Gasteiger partial charge in [-0.15, -0.1) is 0 Å². The molecule has 4 heterocycles. The van der Waals surface area contributed by atoms with Crippen molar-refractivity contribution < 1.29 is 32.7 Å². The lowest BCUT2D eigenvalue weighted by Gasteiger charge is -2.36. The van der Waals surface area contributed by atoms with E-state index >= 15 is 0 Å². The number of pyridine rings is 1. The molecule has 1 saturated carbocycles. The van der Waals surface area contributed by atoms with Crippen molar-refractivity contribution in [3.63, 3.8) is 0 Å². The van der Waals surface area contributed by atoms with Gasteiger partial charge < -0.3 is 37.1 Å². The third-order valence-electron chi connectivity index (χ3n) is 8.11. The van der Waals surface area contributed by atoms with Crippen LogP contribution in [0.2, 0.25) is 5.02 Å². The first-order valence-corrected chi connectivity index (χ1v) is 15.3. The molecule has 9 N–H and O–H groups in total. The first kappa shape index (κ1) is 32.9. The fourth-order valence-electron chi connectivity index (χ4n) is 5.56. The number of hydrogen-bond donors (Lipinski definition) is 8. The zero-order valence-corrected chi connectivity index (χ0v) is 25.7. The number of nitrogens with zero attached hydrogens (tertiary/aromatic N) is 3. The lowest BCUT2D eigenvalue weighted by molar-refractivity contribution is -0.140. The summed E-state index contributed by atoms with van der Waals surface area (Å²) in [5.41, 5.74) is 5.14. The van der Waals surface area contributed by atoms with Gasteiger partial charge >= 0.3 is 6.18 Å². The number of anilines is 1. The highest BCUT2D eigenvalue weighted by Crippen LogP contribution is 2.40. The number of amides is 3. The number of H-pyrrole nitrogens is 2. The number of aliphatic hydroxyl groups excluding tert-OH is 1. The first-order valence-electron chi connectivity index (χ1n) is 14.9. The van der Waals surface area contributed by atoms with Crippen molar-refractivity contribution in [2.75, 3.05) is 12.3 Å². The summed E-state index contributed by atoms with van der Waals surface area (Å²) in [6, 6.07) is 6.89.